The lowest BCUT2D eigenvalue weighted by molar-refractivity contribution is -0.140. The van der Waals surface area contributed by atoms with Crippen molar-refractivity contribution in [2.45, 2.75) is 64.9 Å². The molecule has 10 heteroatoms. The van der Waals surface area contributed by atoms with Crippen LogP contribution in [0.25, 0.3) is 0 Å². The van der Waals surface area contributed by atoms with Gasteiger partial charge in [-0.3, -0.25) is 13.9 Å². The molecular formula is C31H37Cl2N3O4S. The number of hydrogen-bond donors (Lipinski definition) is 1. The predicted molar refractivity (Wildman–Crippen MR) is 166 cm³/mol. The molecule has 0 bridgehead atoms. The number of benzene rings is 3. The van der Waals surface area contributed by atoms with Gasteiger partial charge in [0.05, 0.1) is 10.6 Å². The van der Waals surface area contributed by atoms with Crippen LogP contribution >= 0.6 is 23.2 Å². The van der Waals surface area contributed by atoms with Gasteiger partial charge in [0.25, 0.3) is 10.0 Å². The van der Waals surface area contributed by atoms with Crippen molar-refractivity contribution in [1.29, 1.82) is 0 Å². The average Bonchev–Trinajstić information content (AvgIpc) is 2.91. The van der Waals surface area contributed by atoms with E-state index in [2.05, 4.69) is 5.32 Å². The number of hydrogen-bond acceptors (Lipinski definition) is 4. The lowest BCUT2D eigenvalue weighted by atomic mass is 10.1. The van der Waals surface area contributed by atoms with Crippen molar-refractivity contribution in [2.75, 3.05) is 17.4 Å². The molecular weight excluding hydrogens is 581 g/mol. The third kappa shape index (κ3) is 8.03. The first-order valence-corrected chi connectivity index (χ1v) is 15.8. The summed E-state index contributed by atoms with van der Waals surface area (Å²) in [6, 6.07) is 16.0. The number of halogens is 2. The fourth-order valence-electron chi connectivity index (χ4n) is 4.60. The first-order chi connectivity index (χ1) is 19.4. The minimum Gasteiger partial charge on any atom is -0.354 e. The molecule has 2 amide bonds. The lowest BCUT2D eigenvalue weighted by Crippen LogP contribution is -2.52. The maximum absolute atomic E-state index is 14.2. The minimum absolute atomic E-state index is 0.0588. The van der Waals surface area contributed by atoms with Gasteiger partial charge in [0.1, 0.15) is 12.6 Å². The normalized spacial score (nSPS) is 12.1. The Kier molecular flexibility index (Phi) is 11.2. The van der Waals surface area contributed by atoms with Crippen molar-refractivity contribution < 1.29 is 18.0 Å². The summed E-state index contributed by atoms with van der Waals surface area (Å²) in [6.07, 6.45) is 1.03. The number of nitrogens with zero attached hydrogens (tertiary/aromatic N) is 2. The first-order valence-electron chi connectivity index (χ1n) is 13.6. The molecule has 41 heavy (non-hydrogen) atoms. The second-order valence-corrected chi connectivity index (χ2v) is 12.8. The van der Waals surface area contributed by atoms with E-state index in [-0.39, 0.29) is 17.3 Å². The van der Waals surface area contributed by atoms with Crippen LogP contribution in [0.5, 0.6) is 0 Å². The molecule has 0 spiro atoms. The smallest absolute Gasteiger partial charge is 0.264 e. The van der Waals surface area contributed by atoms with Gasteiger partial charge in [0.15, 0.2) is 0 Å². The zero-order chi connectivity index (χ0) is 30.3. The number of anilines is 1. The van der Waals surface area contributed by atoms with Crippen LogP contribution in [-0.2, 0) is 26.2 Å². The molecule has 1 unspecified atom stereocenters. The highest BCUT2D eigenvalue weighted by Gasteiger charge is 2.34. The van der Waals surface area contributed by atoms with Gasteiger partial charge >= 0.3 is 0 Å². The summed E-state index contributed by atoms with van der Waals surface area (Å²) in [5.74, 6) is -0.889. The summed E-state index contributed by atoms with van der Waals surface area (Å²) in [4.78, 5) is 28.9. The third-order valence-electron chi connectivity index (χ3n) is 6.71. The maximum atomic E-state index is 14.2. The Morgan fingerprint density at radius 2 is 1.46 bits per heavy atom. The second-order valence-electron chi connectivity index (χ2n) is 10.1. The summed E-state index contributed by atoms with van der Waals surface area (Å²) in [5, 5.41) is 3.55. The van der Waals surface area contributed by atoms with Crippen LogP contribution in [0.1, 0.15) is 48.9 Å². The Labute approximate surface area is 253 Å². The minimum atomic E-state index is -4.16. The number of sulfonamides is 1. The Morgan fingerprint density at radius 3 is 2.00 bits per heavy atom. The molecule has 3 rings (SSSR count). The zero-order valence-electron chi connectivity index (χ0n) is 24.1. The SMILES string of the molecule is CCCNC(=O)C(CC)N(Cc1c(Cl)cccc1Cl)C(=O)CN(c1cc(C)cc(C)c1)S(=O)(=O)c1ccc(C)cc1. The van der Waals surface area contributed by atoms with Gasteiger partial charge in [-0.2, -0.15) is 0 Å². The molecule has 1 atom stereocenters. The molecule has 0 fully saturated rings. The number of aryl methyl sites for hydroxylation is 3. The van der Waals surface area contributed by atoms with E-state index in [1.165, 1.54) is 17.0 Å². The molecule has 3 aromatic rings. The number of carbonyl (C=O) groups is 2. The van der Waals surface area contributed by atoms with Crippen molar-refractivity contribution in [3.63, 3.8) is 0 Å². The third-order valence-corrected chi connectivity index (χ3v) is 9.20. The van der Waals surface area contributed by atoms with Crippen LogP contribution in [0.4, 0.5) is 5.69 Å². The second kappa shape index (κ2) is 14.2. The molecule has 0 aromatic heterocycles. The molecule has 0 heterocycles. The van der Waals surface area contributed by atoms with Gasteiger partial charge in [-0.15, -0.1) is 0 Å². The topological polar surface area (TPSA) is 86.8 Å². The van der Waals surface area contributed by atoms with Crippen molar-refractivity contribution in [3.05, 3.63) is 93.0 Å². The van der Waals surface area contributed by atoms with Crippen molar-refractivity contribution >= 4 is 50.7 Å². The van der Waals surface area contributed by atoms with E-state index >= 15 is 0 Å². The standard InChI is InChI=1S/C31H37Cl2N3O4S/c1-6-15-34-31(38)29(7-2)35(19-26-27(32)9-8-10-28(26)33)30(37)20-36(24-17-22(4)16-23(5)18-24)41(39,40)25-13-11-21(3)12-14-25/h8-14,16-18,29H,6-7,15,19-20H2,1-5H3,(H,34,38). The number of rotatable bonds is 12. The highest BCUT2D eigenvalue weighted by atomic mass is 35.5. The fraction of sp³-hybridized carbons (Fsp3) is 0.355. The first kappa shape index (κ1) is 32.4. The molecule has 0 saturated heterocycles. The van der Waals surface area contributed by atoms with Crippen molar-refractivity contribution in [3.8, 4) is 0 Å². The molecule has 1 N–H and O–H groups in total. The van der Waals surface area contributed by atoms with Crippen molar-refractivity contribution in [1.82, 2.24) is 10.2 Å². The monoisotopic (exact) mass is 617 g/mol. The van der Waals surface area contributed by atoms with E-state index in [4.69, 9.17) is 23.2 Å². The molecule has 0 aliphatic carbocycles. The molecule has 7 nitrogen and oxygen atoms in total. The fourth-order valence-corrected chi connectivity index (χ4v) is 6.51. The molecule has 0 saturated carbocycles. The Bertz CT molecular complexity index is 1450. The van der Waals surface area contributed by atoms with Crippen LogP contribution in [0.15, 0.2) is 65.6 Å². The molecule has 0 aliphatic heterocycles. The highest BCUT2D eigenvalue weighted by molar-refractivity contribution is 7.92. The maximum Gasteiger partial charge on any atom is 0.264 e. The summed E-state index contributed by atoms with van der Waals surface area (Å²) in [5.41, 5.74) is 3.44. The number of amides is 2. The molecule has 0 aliphatic rings. The Morgan fingerprint density at radius 1 is 0.878 bits per heavy atom. The van der Waals surface area contributed by atoms with Crippen LogP contribution in [-0.4, -0.2) is 44.3 Å². The van der Waals surface area contributed by atoms with Gasteiger partial charge in [-0.1, -0.05) is 66.9 Å². The van der Waals surface area contributed by atoms with Crippen molar-refractivity contribution in [2.24, 2.45) is 0 Å². The zero-order valence-corrected chi connectivity index (χ0v) is 26.4. The van der Waals surface area contributed by atoms with Gasteiger partial charge in [-0.05, 0) is 81.1 Å². The Hall–Kier alpha value is -3.07. The summed E-state index contributed by atoms with van der Waals surface area (Å²) < 4.78 is 29.2. The predicted octanol–water partition coefficient (Wildman–Crippen LogP) is 6.45. The van der Waals surface area contributed by atoms with E-state index < -0.39 is 28.5 Å². The van der Waals surface area contributed by atoms with E-state index in [1.807, 2.05) is 33.8 Å². The van der Waals surface area contributed by atoms with E-state index in [0.717, 1.165) is 27.4 Å². The lowest BCUT2D eigenvalue weighted by Gasteiger charge is -2.33. The van der Waals surface area contributed by atoms with Crippen LogP contribution in [0, 0.1) is 20.8 Å². The average molecular weight is 619 g/mol. The summed E-state index contributed by atoms with van der Waals surface area (Å²) in [6.45, 7) is 9.19. The summed E-state index contributed by atoms with van der Waals surface area (Å²) >= 11 is 12.9. The molecule has 3 aromatic carbocycles. The van der Waals surface area contributed by atoms with Crippen LogP contribution in [0.2, 0.25) is 10.0 Å². The van der Waals surface area contributed by atoms with E-state index in [0.29, 0.717) is 34.3 Å². The van der Waals surface area contributed by atoms with Gasteiger partial charge in [0.2, 0.25) is 11.8 Å². The summed E-state index contributed by atoms with van der Waals surface area (Å²) in [7, 11) is -4.16. The largest absolute Gasteiger partial charge is 0.354 e. The van der Waals surface area contributed by atoms with Gasteiger partial charge in [-0.25, -0.2) is 8.42 Å². The quantitative estimate of drug-likeness (QED) is 0.253. The number of carbonyl (C=O) groups excluding carboxylic acids is 2. The van der Waals surface area contributed by atoms with Crippen LogP contribution in [0.3, 0.4) is 0 Å². The number of nitrogens with one attached hydrogen (secondary N) is 1. The highest BCUT2D eigenvalue weighted by Crippen LogP contribution is 2.29. The molecule has 0 radical (unpaired) electrons. The molecule has 220 valence electrons. The Balaban J connectivity index is 2.12. The van der Waals surface area contributed by atoms with Gasteiger partial charge < -0.3 is 10.2 Å². The van der Waals surface area contributed by atoms with Crippen LogP contribution < -0.4 is 9.62 Å². The van der Waals surface area contributed by atoms with E-state index in [1.54, 1.807) is 49.4 Å². The van der Waals surface area contributed by atoms with E-state index in [9.17, 15) is 18.0 Å². The van der Waals surface area contributed by atoms with Gasteiger partial charge in [0, 0.05) is 28.7 Å².